The topological polar surface area (TPSA) is 110 Å². The van der Waals surface area contributed by atoms with Crippen LogP contribution < -0.4 is 5.32 Å². The van der Waals surface area contributed by atoms with E-state index < -0.39 is 0 Å². The van der Waals surface area contributed by atoms with Crippen molar-refractivity contribution in [1.29, 1.82) is 0 Å². The third-order valence-electron chi connectivity index (χ3n) is 5.75. The molecule has 1 aliphatic heterocycles. The van der Waals surface area contributed by atoms with Gasteiger partial charge in [-0.25, -0.2) is 0 Å². The molecular formula is C18H24N6O3. The molecule has 0 aromatic carbocycles. The van der Waals surface area contributed by atoms with Crippen LogP contribution >= 0.6 is 0 Å². The number of aromatic nitrogens is 4. The third-order valence-corrected chi connectivity index (χ3v) is 5.75. The lowest BCUT2D eigenvalue weighted by Gasteiger charge is -2.18. The van der Waals surface area contributed by atoms with Crippen LogP contribution in [0.2, 0.25) is 0 Å². The molecule has 1 atom stereocenters. The van der Waals surface area contributed by atoms with E-state index in [4.69, 9.17) is 9.05 Å². The van der Waals surface area contributed by atoms with Gasteiger partial charge in [0.25, 0.3) is 11.7 Å². The molecule has 9 nitrogen and oxygen atoms in total. The fraction of sp³-hybridized carbons (Fsp3) is 0.722. The molecule has 2 aromatic rings. The smallest absolute Gasteiger partial charge is 0.292 e. The Hall–Kier alpha value is -2.29. The van der Waals surface area contributed by atoms with E-state index >= 15 is 0 Å². The Balaban J connectivity index is 1.25. The molecular weight excluding hydrogens is 348 g/mol. The molecule has 0 radical (unpaired) electrons. The highest BCUT2D eigenvalue weighted by atomic mass is 16.5. The van der Waals surface area contributed by atoms with Crippen molar-refractivity contribution in [3.05, 3.63) is 23.4 Å². The second-order valence-electron chi connectivity index (χ2n) is 7.86. The SMILES string of the molecule is O=C(NC1CC1)c1noc(C2CCCN2Cc2nc(C3CCCC3)no2)n1. The number of hydrogen-bond donors (Lipinski definition) is 1. The lowest BCUT2D eigenvalue weighted by Crippen LogP contribution is -2.27. The molecule has 0 spiro atoms. The standard InChI is InChI=1S/C18H24N6O3/c25-17(19-12-7-8-12)16-21-18(27-23-16)13-6-3-9-24(13)10-14-20-15(22-26-14)11-4-1-2-5-11/h11-13H,1-10H2,(H,19,25). The van der Waals surface area contributed by atoms with E-state index in [0.717, 1.165) is 50.9 Å². The van der Waals surface area contributed by atoms with E-state index in [1.54, 1.807) is 0 Å². The van der Waals surface area contributed by atoms with Crippen molar-refractivity contribution in [1.82, 2.24) is 30.5 Å². The monoisotopic (exact) mass is 372 g/mol. The number of hydrogen-bond acceptors (Lipinski definition) is 8. The van der Waals surface area contributed by atoms with Crippen LogP contribution in [0.3, 0.4) is 0 Å². The summed E-state index contributed by atoms with van der Waals surface area (Å²) in [7, 11) is 0. The Morgan fingerprint density at radius 3 is 2.70 bits per heavy atom. The molecule has 2 aliphatic carbocycles. The van der Waals surface area contributed by atoms with Crippen LogP contribution in [-0.4, -0.2) is 43.7 Å². The largest absolute Gasteiger partial charge is 0.346 e. The average Bonchev–Trinajstić information content (AvgIpc) is 3.21. The van der Waals surface area contributed by atoms with Crippen molar-refractivity contribution in [2.75, 3.05) is 6.54 Å². The highest BCUT2D eigenvalue weighted by Gasteiger charge is 2.34. The molecule has 144 valence electrons. The molecule has 27 heavy (non-hydrogen) atoms. The normalized spacial score (nSPS) is 23.9. The minimum absolute atomic E-state index is 0.0122. The van der Waals surface area contributed by atoms with Gasteiger partial charge in [-0.15, -0.1) is 0 Å². The molecule has 1 N–H and O–H groups in total. The van der Waals surface area contributed by atoms with Crippen LogP contribution in [0.15, 0.2) is 9.05 Å². The lowest BCUT2D eigenvalue weighted by molar-refractivity contribution is 0.0937. The van der Waals surface area contributed by atoms with E-state index in [1.165, 1.54) is 12.8 Å². The summed E-state index contributed by atoms with van der Waals surface area (Å²) in [5, 5.41) is 10.9. The summed E-state index contributed by atoms with van der Waals surface area (Å²) in [4.78, 5) is 23.2. The summed E-state index contributed by atoms with van der Waals surface area (Å²) < 4.78 is 10.9. The molecule has 2 aromatic heterocycles. The van der Waals surface area contributed by atoms with E-state index in [-0.39, 0.29) is 23.8 Å². The van der Waals surface area contributed by atoms with Crippen molar-refractivity contribution < 1.29 is 13.8 Å². The number of nitrogens with one attached hydrogen (secondary N) is 1. The van der Waals surface area contributed by atoms with E-state index in [1.807, 2.05) is 0 Å². The van der Waals surface area contributed by atoms with Crippen LogP contribution in [0.1, 0.15) is 91.6 Å². The quantitative estimate of drug-likeness (QED) is 0.823. The van der Waals surface area contributed by atoms with Crippen LogP contribution in [0, 0.1) is 0 Å². The zero-order valence-electron chi connectivity index (χ0n) is 15.3. The maximum atomic E-state index is 12.1. The van der Waals surface area contributed by atoms with Gasteiger partial charge in [0.15, 0.2) is 5.82 Å². The molecule has 9 heteroatoms. The molecule has 1 unspecified atom stereocenters. The third kappa shape index (κ3) is 3.60. The number of carbonyl (C=O) groups is 1. The number of nitrogens with zero attached hydrogens (tertiary/aromatic N) is 5. The fourth-order valence-corrected chi connectivity index (χ4v) is 4.09. The second kappa shape index (κ2) is 7.03. The van der Waals surface area contributed by atoms with Gasteiger partial charge < -0.3 is 14.4 Å². The first-order valence-electron chi connectivity index (χ1n) is 9.97. The number of carbonyl (C=O) groups excluding carboxylic acids is 1. The van der Waals surface area contributed by atoms with Crippen molar-refractivity contribution in [2.24, 2.45) is 0 Å². The highest BCUT2D eigenvalue weighted by Crippen LogP contribution is 2.34. The van der Waals surface area contributed by atoms with Gasteiger partial charge in [-0.05, 0) is 45.1 Å². The predicted molar refractivity (Wildman–Crippen MR) is 92.7 cm³/mol. The Labute approximate surface area is 156 Å². The van der Waals surface area contributed by atoms with E-state index in [9.17, 15) is 4.79 Å². The Bertz CT molecular complexity index is 808. The molecule has 0 bridgehead atoms. The first-order valence-corrected chi connectivity index (χ1v) is 9.97. The summed E-state index contributed by atoms with van der Waals surface area (Å²) >= 11 is 0. The molecule has 1 saturated heterocycles. The van der Waals surface area contributed by atoms with Crippen LogP contribution in [0.25, 0.3) is 0 Å². The molecule has 3 fully saturated rings. The van der Waals surface area contributed by atoms with E-state index in [2.05, 4.69) is 30.5 Å². The van der Waals surface area contributed by atoms with Crippen molar-refractivity contribution >= 4 is 5.91 Å². The molecule has 2 saturated carbocycles. The summed E-state index contributed by atoms with van der Waals surface area (Å²) in [6.07, 6.45) is 8.79. The molecule has 3 aliphatic rings. The Morgan fingerprint density at radius 2 is 1.89 bits per heavy atom. The number of likely N-dealkylation sites (tertiary alicyclic amines) is 1. The lowest BCUT2D eigenvalue weighted by atomic mass is 10.1. The summed E-state index contributed by atoms with van der Waals surface area (Å²) in [6, 6.07) is 0.260. The average molecular weight is 372 g/mol. The van der Waals surface area contributed by atoms with Crippen molar-refractivity contribution in [3.63, 3.8) is 0 Å². The van der Waals surface area contributed by atoms with Gasteiger partial charge in [-0.2, -0.15) is 9.97 Å². The van der Waals surface area contributed by atoms with Gasteiger partial charge in [-0.1, -0.05) is 23.2 Å². The minimum atomic E-state index is -0.254. The maximum Gasteiger partial charge on any atom is 0.292 e. The zero-order valence-corrected chi connectivity index (χ0v) is 15.3. The number of rotatable bonds is 6. The van der Waals surface area contributed by atoms with E-state index in [0.29, 0.717) is 24.2 Å². The highest BCUT2D eigenvalue weighted by molar-refractivity contribution is 5.90. The van der Waals surface area contributed by atoms with Gasteiger partial charge in [0.05, 0.1) is 12.6 Å². The summed E-state index contributed by atoms with van der Waals surface area (Å²) in [5.41, 5.74) is 0. The van der Waals surface area contributed by atoms with Crippen molar-refractivity contribution in [3.8, 4) is 0 Å². The number of amides is 1. The van der Waals surface area contributed by atoms with Gasteiger partial charge >= 0.3 is 0 Å². The first kappa shape index (κ1) is 16.9. The van der Waals surface area contributed by atoms with Gasteiger partial charge in [-0.3, -0.25) is 9.69 Å². The molecule has 3 heterocycles. The van der Waals surface area contributed by atoms with Gasteiger partial charge in [0.1, 0.15) is 0 Å². The predicted octanol–water partition coefficient (Wildman–Crippen LogP) is 2.34. The minimum Gasteiger partial charge on any atom is -0.346 e. The van der Waals surface area contributed by atoms with Crippen molar-refractivity contribution in [2.45, 2.75) is 75.9 Å². The van der Waals surface area contributed by atoms with Gasteiger partial charge in [0.2, 0.25) is 11.8 Å². The summed E-state index contributed by atoms with van der Waals surface area (Å²) in [6.45, 7) is 1.47. The van der Waals surface area contributed by atoms with Gasteiger partial charge in [0, 0.05) is 12.0 Å². The first-order chi connectivity index (χ1) is 13.3. The molecule has 1 amide bonds. The fourth-order valence-electron chi connectivity index (χ4n) is 4.09. The second-order valence-corrected chi connectivity index (χ2v) is 7.86. The zero-order chi connectivity index (χ0) is 18.2. The van der Waals surface area contributed by atoms with Crippen LogP contribution in [0.5, 0.6) is 0 Å². The summed E-state index contributed by atoms with van der Waals surface area (Å²) in [5.74, 6) is 2.27. The Morgan fingerprint density at radius 1 is 1.04 bits per heavy atom. The molecule has 5 rings (SSSR count). The van der Waals surface area contributed by atoms with Crippen LogP contribution in [0.4, 0.5) is 0 Å². The van der Waals surface area contributed by atoms with Crippen LogP contribution in [-0.2, 0) is 6.54 Å². The maximum absolute atomic E-state index is 12.1. The Kier molecular flexibility index (Phi) is 4.39.